The first kappa shape index (κ1) is 21.4. The van der Waals surface area contributed by atoms with E-state index in [1.165, 1.54) is 12.0 Å². The fraction of sp³-hybridized carbons (Fsp3) is 0.364. The minimum atomic E-state index is -1.09. The SMILES string of the molecule is COCc1cc(OC)cc(Cc2cc(OC)c3c(c2C(=O)O)CN(C)C3=O)c1OC. The minimum Gasteiger partial charge on any atom is -0.497 e. The van der Waals surface area contributed by atoms with E-state index >= 15 is 0 Å². The predicted octanol–water partition coefficient (Wildman–Crippen LogP) is 2.73. The summed E-state index contributed by atoms with van der Waals surface area (Å²) in [5.74, 6) is 0.223. The van der Waals surface area contributed by atoms with Gasteiger partial charge in [-0.15, -0.1) is 0 Å². The molecule has 0 aromatic heterocycles. The number of nitrogens with zero attached hydrogens (tertiary/aromatic N) is 1. The second-order valence-electron chi connectivity index (χ2n) is 7.02. The van der Waals surface area contributed by atoms with Gasteiger partial charge in [0.25, 0.3) is 5.91 Å². The number of carbonyl (C=O) groups excluding carboxylic acids is 1. The Morgan fingerprint density at radius 2 is 1.73 bits per heavy atom. The lowest BCUT2D eigenvalue weighted by Gasteiger charge is -2.18. The maximum Gasteiger partial charge on any atom is 0.336 e. The van der Waals surface area contributed by atoms with Crippen molar-refractivity contribution in [2.24, 2.45) is 0 Å². The molecule has 30 heavy (non-hydrogen) atoms. The summed E-state index contributed by atoms with van der Waals surface area (Å²) < 4.78 is 21.7. The highest BCUT2D eigenvalue weighted by molar-refractivity contribution is 6.05. The van der Waals surface area contributed by atoms with Crippen molar-refractivity contribution in [3.8, 4) is 17.2 Å². The zero-order valence-electron chi connectivity index (χ0n) is 17.7. The van der Waals surface area contributed by atoms with Crippen LogP contribution in [0.15, 0.2) is 18.2 Å². The zero-order chi connectivity index (χ0) is 22.0. The van der Waals surface area contributed by atoms with Crippen LogP contribution in [0.4, 0.5) is 0 Å². The van der Waals surface area contributed by atoms with E-state index in [9.17, 15) is 14.7 Å². The molecule has 3 rings (SSSR count). The molecule has 2 aromatic rings. The van der Waals surface area contributed by atoms with Crippen LogP contribution < -0.4 is 14.2 Å². The van der Waals surface area contributed by atoms with E-state index in [-0.39, 0.29) is 24.4 Å². The van der Waals surface area contributed by atoms with Gasteiger partial charge in [0.05, 0.1) is 39.1 Å². The van der Waals surface area contributed by atoms with Gasteiger partial charge in [-0.1, -0.05) is 0 Å². The van der Waals surface area contributed by atoms with E-state index in [2.05, 4.69) is 0 Å². The zero-order valence-corrected chi connectivity index (χ0v) is 17.7. The highest BCUT2D eigenvalue weighted by atomic mass is 16.5. The molecule has 0 aliphatic carbocycles. The van der Waals surface area contributed by atoms with Crippen LogP contribution in [0.2, 0.25) is 0 Å². The summed E-state index contributed by atoms with van der Waals surface area (Å²) >= 11 is 0. The quantitative estimate of drug-likeness (QED) is 0.708. The van der Waals surface area contributed by atoms with Crippen LogP contribution in [-0.2, 0) is 24.3 Å². The molecule has 0 bridgehead atoms. The summed E-state index contributed by atoms with van der Waals surface area (Å²) in [6, 6.07) is 5.25. The van der Waals surface area contributed by atoms with Gasteiger partial charge in [-0.2, -0.15) is 0 Å². The first-order valence-corrected chi connectivity index (χ1v) is 9.30. The number of hydrogen-bond acceptors (Lipinski definition) is 6. The van der Waals surface area contributed by atoms with E-state index in [0.717, 1.165) is 11.1 Å². The van der Waals surface area contributed by atoms with Crippen LogP contribution >= 0.6 is 0 Å². The maximum absolute atomic E-state index is 12.5. The lowest BCUT2D eigenvalue weighted by atomic mass is 9.91. The Morgan fingerprint density at radius 3 is 2.30 bits per heavy atom. The topological polar surface area (TPSA) is 94.5 Å². The molecule has 0 saturated heterocycles. The highest BCUT2D eigenvalue weighted by Crippen LogP contribution is 2.38. The van der Waals surface area contributed by atoms with Gasteiger partial charge in [-0.05, 0) is 23.8 Å². The Hall–Kier alpha value is -3.26. The van der Waals surface area contributed by atoms with Gasteiger partial charge in [0.15, 0.2) is 0 Å². The Bertz CT molecular complexity index is 1000. The molecule has 8 heteroatoms. The van der Waals surface area contributed by atoms with E-state index in [1.54, 1.807) is 40.5 Å². The molecule has 0 atom stereocenters. The Labute approximate surface area is 174 Å². The average molecular weight is 415 g/mol. The molecular weight excluding hydrogens is 390 g/mol. The van der Waals surface area contributed by atoms with Crippen molar-refractivity contribution in [2.75, 3.05) is 35.5 Å². The smallest absolute Gasteiger partial charge is 0.336 e. The largest absolute Gasteiger partial charge is 0.497 e. The third-order valence-corrected chi connectivity index (χ3v) is 5.20. The molecule has 0 fully saturated rings. The van der Waals surface area contributed by atoms with Crippen molar-refractivity contribution in [1.29, 1.82) is 0 Å². The van der Waals surface area contributed by atoms with E-state index in [1.807, 2.05) is 6.07 Å². The number of methoxy groups -OCH3 is 4. The predicted molar refractivity (Wildman–Crippen MR) is 109 cm³/mol. The third kappa shape index (κ3) is 3.66. The monoisotopic (exact) mass is 415 g/mol. The number of amides is 1. The summed E-state index contributed by atoms with van der Waals surface area (Å²) in [4.78, 5) is 26.2. The summed E-state index contributed by atoms with van der Waals surface area (Å²) in [7, 11) is 7.80. The molecule has 0 saturated carbocycles. The van der Waals surface area contributed by atoms with Crippen LogP contribution in [0, 0.1) is 0 Å². The normalized spacial score (nSPS) is 12.7. The highest BCUT2D eigenvalue weighted by Gasteiger charge is 2.34. The standard InChI is InChI=1S/C22H25NO7/c1-23-10-16-18(22(25)26)12(9-17(29-4)19(16)21(23)24)6-13-7-15(28-3)8-14(11-27-2)20(13)30-5/h7-9H,6,10-11H2,1-5H3,(H,25,26). The number of carboxylic acid groups (broad SMARTS) is 1. The Kier molecular flexibility index (Phi) is 6.17. The lowest BCUT2D eigenvalue weighted by molar-refractivity contribution is 0.0692. The van der Waals surface area contributed by atoms with Gasteiger partial charge in [0.1, 0.15) is 17.2 Å². The number of fused-ring (bicyclic) bond motifs is 1. The molecule has 1 heterocycles. The fourth-order valence-electron chi connectivity index (χ4n) is 3.93. The summed E-state index contributed by atoms with van der Waals surface area (Å²) in [6.07, 6.45) is 0.250. The molecule has 160 valence electrons. The molecule has 0 unspecified atom stereocenters. The van der Waals surface area contributed by atoms with Gasteiger partial charge in [0.2, 0.25) is 0 Å². The Balaban J connectivity index is 2.21. The number of ether oxygens (including phenoxy) is 4. The summed E-state index contributed by atoms with van der Waals surface area (Å²) in [6.45, 7) is 0.524. The van der Waals surface area contributed by atoms with Gasteiger partial charge < -0.3 is 29.0 Å². The third-order valence-electron chi connectivity index (χ3n) is 5.20. The fourth-order valence-corrected chi connectivity index (χ4v) is 3.93. The number of carbonyl (C=O) groups is 2. The molecule has 0 radical (unpaired) electrons. The molecule has 2 aromatic carbocycles. The summed E-state index contributed by atoms with van der Waals surface area (Å²) in [5, 5.41) is 9.96. The first-order chi connectivity index (χ1) is 14.4. The lowest BCUT2D eigenvalue weighted by Crippen LogP contribution is -2.17. The van der Waals surface area contributed by atoms with Crippen molar-refractivity contribution in [3.05, 3.63) is 51.6 Å². The second kappa shape index (κ2) is 8.62. The first-order valence-electron chi connectivity index (χ1n) is 9.30. The molecule has 1 amide bonds. The molecule has 1 N–H and O–H groups in total. The van der Waals surface area contributed by atoms with Gasteiger partial charge >= 0.3 is 5.97 Å². The van der Waals surface area contributed by atoms with Crippen LogP contribution in [0.25, 0.3) is 0 Å². The molecule has 8 nitrogen and oxygen atoms in total. The maximum atomic E-state index is 12.5. The van der Waals surface area contributed by atoms with Gasteiger partial charge in [-0.3, -0.25) is 4.79 Å². The van der Waals surface area contributed by atoms with Crippen molar-refractivity contribution in [2.45, 2.75) is 19.6 Å². The van der Waals surface area contributed by atoms with Crippen LogP contribution in [-0.4, -0.2) is 57.4 Å². The minimum absolute atomic E-state index is 0.113. The van der Waals surface area contributed by atoms with Gasteiger partial charge in [0, 0.05) is 43.8 Å². The van der Waals surface area contributed by atoms with E-state index < -0.39 is 5.97 Å². The number of aromatic carboxylic acids is 1. The van der Waals surface area contributed by atoms with Crippen molar-refractivity contribution in [3.63, 3.8) is 0 Å². The van der Waals surface area contributed by atoms with E-state index in [4.69, 9.17) is 18.9 Å². The number of benzene rings is 2. The Morgan fingerprint density at radius 1 is 1.03 bits per heavy atom. The van der Waals surface area contributed by atoms with Crippen LogP contribution in [0.5, 0.6) is 17.2 Å². The summed E-state index contributed by atoms with van der Waals surface area (Å²) in [5.41, 5.74) is 2.93. The van der Waals surface area contributed by atoms with Crippen molar-refractivity contribution in [1.82, 2.24) is 4.90 Å². The number of carboxylic acids is 1. The second-order valence-corrected chi connectivity index (χ2v) is 7.02. The number of hydrogen-bond donors (Lipinski definition) is 1. The van der Waals surface area contributed by atoms with Crippen LogP contribution in [0.3, 0.4) is 0 Å². The molecule has 1 aliphatic heterocycles. The van der Waals surface area contributed by atoms with Crippen molar-refractivity contribution >= 4 is 11.9 Å². The van der Waals surface area contributed by atoms with E-state index in [0.29, 0.717) is 40.5 Å². The number of rotatable bonds is 8. The average Bonchev–Trinajstić information content (AvgIpc) is 3.01. The van der Waals surface area contributed by atoms with Crippen molar-refractivity contribution < 1.29 is 33.6 Å². The van der Waals surface area contributed by atoms with Crippen LogP contribution in [0.1, 0.15) is 43.0 Å². The molecule has 0 spiro atoms. The molecule has 1 aliphatic rings. The molecular formula is C22H25NO7. The van der Waals surface area contributed by atoms with Gasteiger partial charge in [-0.25, -0.2) is 4.79 Å².